The van der Waals surface area contributed by atoms with E-state index in [2.05, 4.69) is 30.0 Å². The van der Waals surface area contributed by atoms with Crippen LogP contribution in [0.15, 0.2) is 79.5 Å². The molecule has 32 heavy (non-hydrogen) atoms. The lowest BCUT2D eigenvalue weighted by Crippen LogP contribution is -2.11. The van der Waals surface area contributed by atoms with Crippen molar-refractivity contribution in [2.24, 2.45) is 0 Å². The molecule has 0 spiro atoms. The maximum Gasteiger partial charge on any atom is 0.168 e. The summed E-state index contributed by atoms with van der Waals surface area (Å²) in [5, 5.41) is 22.4. The normalized spacial score (nSPS) is 14.5. The van der Waals surface area contributed by atoms with Crippen LogP contribution in [-0.4, -0.2) is 34.2 Å². The van der Waals surface area contributed by atoms with Gasteiger partial charge in [-0.05, 0) is 49.2 Å². The monoisotopic (exact) mass is 423 g/mol. The van der Waals surface area contributed by atoms with Gasteiger partial charge in [-0.15, -0.1) is 10.2 Å². The number of aliphatic hydroxyl groups excluding tert-OH is 1. The lowest BCUT2D eigenvalue weighted by atomic mass is 10.1. The van der Waals surface area contributed by atoms with E-state index in [1.54, 1.807) is 12.5 Å². The zero-order chi connectivity index (χ0) is 21.5. The van der Waals surface area contributed by atoms with Crippen LogP contribution in [0.25, 0.3) is 28.3 Å². The van der Waals surface area contributed by atoms with Gasteiger partial charge in [-0.25, -0.2) is 4.98 Å². The molecule has 1 atom stereocenters. The molecule has 1 aromatic carbocycles. The zero-order valence-corrected chi connectivity index (χ0v) is 17.2. The number of nitrogens with zero attached hydrogens (tertiary/aromatic N) is 6. The number of fused-ring (bicyclic) bond motifs is 1. The molecule has 1 saturated carbocycles. The first-order chi connectivity index (χ1) is 15.8. The molecule has 5 aromatic rings. The first kappa shape index (κ1) is 18.7. The summed E-state index contributed by atoms with van der Waals surface area (Å²) in [6, 6.07) is 18.0. The highest BCUT2D eigenvalue weighted by atomic mass is 16.3. The van der Waals surface area contributed by atoms with E-state index in [1.807, 2.05) is 71.4 Å². The molecule has 0 saturated heterocycles. The lowest BCUT2D eigenvalue weighted by Gasteiger charge is -2.15. The fraction of sp³-hybridized carbons (Fsp3) is 0.167. The molecule has 4 aromatic heterocycles. The fourth-order valence-corrected chi connectivity index (χ4v) is 3.95. The second-order valence-electron chi connectivity index (χ2n) is 7.96. The Bertz CT molecular complexity index is 1400. The molecule has 8 nitrogen and oxygen atoms in total. The van der Waals surface area contributed by atoms with Gasteiger partial charge in [-0.2, -0.15) is 0 Å². The van der Waals surface area contributed by atoms with Crippen molar-refractivity contribution in [1.29, 1.82) is 0 Å². The molecule has 1 aliphatic rings. The van der Waals surface area contributed by atoms with E-state index in [9.17, 15) is 5.11 Å². The molecular formula is C24H21N7O. The summed E-state index contributed by atoms with van der Waals surface area (Å²) in [6.07, 6.45) is 8.65. The third kappa shape index (κ3) is 3.40. The summed E-state index contributed by atoms with van der Waals surface area (Å²) in [6.45, 7) is 0. The Hall–Kier alpha value is -4.04. The van der Waals surface area contributed by atoms with Gasteiger partial charge in [0, 0.05) is 35.2 Å². The summed E-state index contributed by atoms with van der Waals surface area (Å²) < 4.78 is 4.13. The molecule has 158 valence electrons. The van der Waals surface area contributed by atoms with Crippen molar-refractivity contribution in [3.05, 3.63) is 85.2 Å². The van der Waals surface area contributed by atoms with Gasteiger partial charge in [0.25, 0.3) is 0 Å². The van der Waals surface area contributed by atoms with E-state index >= 15 is 0 Å². The van der Waals surface area contributed by atoms with Crippen molar-refractivity contribution in [2.75, 3.05) is 5.32 Å². The maximum absolute atomic E-state index is 10.9. The predicted octanol–water partition coefficient (Wildman–Crippen LogP) is 4.09. The van der Waals surface area contributed by atoms with E-state index in [4.69, 9.17) is 0 Å². The number of pyridine rings is 2. The smallest absolute Gasteiger partial charge is 0.168 e. The van der Waals surface area contributed by atoms with Gasteiger partial charge in [0.15, 0.2) is 12.1 Å². The summed E-state index contributed by atoms with van der Waals surface area (Å²) in [5.41, 5.74) is 5.01. The molecule has 0 aliphatic heterocycles. The molecule has 0 bridgehead atoms. The predicted molar refractivity (Wildman–Crippen MR) is 121 cm³/mol. The van der Waals surface area contributed by atoms with E-state index in [1.165, 1.54) is 0 Å². The Balaban J connectivity index is 1.26. The second kappa shape index (κ2) is 7.58. The molecule has 0 radical (unpaired) electrons. The molecule has 2 N–H and O–H groups in total. The fourth-order valence-electron chi connectivity index (χ4n) is 3.95. The number of aliphatic hydroxyl groups is 1. The van der Waals surface area contributed by atoms with E-state index in [0.29, 0.717) is 11.7 Å². The molecule has 6 rings (SSSR count). The van der Waals surface area contributed by atoms with Gasteiger partial charge in [-0.1, -0.05) is 18.2 Å². The Labute approximate surface area is 184 Å². The van der Waals surface area contributed by atoms with Gasteiger partial charge in [0.05, 0.1) is 17.6 Å². The molecule has 1 fully saturated rings. The highest BCUT2D eigenvalue weighted by Crippen LogP contribution is 2.37. The highest BCUT2D eigenvalue weighted by Gasteiger charge is 2.26. The minimum Gasteiger partial charge on any atom is -0.368 e. The van der Waals surface area contributed by atoms with Crippen LogP contribution in [0.5, 0.6) is 0 Å². The number of aromatic nitrogens is 6. The van der Waals surface area contributed by atoms with Crippen LogP contribution >= 0.6 is 0 Å². The van der Waals surface area contributed by atoms with Crippen molar-refractivity contribution >= 4 is 11.3 Å². The molecule has 0 amide bonds. The average molecular weight is 423 g/mol. The first-order valence-corrected chi connectivity index (χ1v) is 10.6. The number of rotatable bonds is 6. The van der Waals surface area contributed by atoms with Crippen LogP contribution in [0.3, 0.4) is 0 Å². The van der Waals surface area contributed by atoms with Crippen LogP contribution in [0.2, 0.25) is 0 Å². The van der Waals surface area contributed by atoms with Crippen molar-refractivity contribution in [1.82, 2.24) is 29.1 Å². The molecule has 4 heterocycles. The van der Waals surface area contributed by atoms with Gasteiger partial charge in [0.2, 0.25) is 0 Å². The highest BCUT2D eigenvalue weighted by molar-refractivity contribution is 5.65. The van der Waals surface area contributed by atoms with Crippen molar-refractivity contribution in [3.63, 3.8) is 0 Å². The van der Waals surface area contributed by atoms with Gasteiger partial charge < -0.3 is 15.0 Å². The number of hydrogen-bond acceptors (Lipinski definition) is 6. The third-order valence-electron chi connectivity index (χ3n) is 5.71. The summed E-state index contributed by atoms with van der Waals surface area (Å²) >= 11 is 0. The van der Waals surface area contributed by atoms with Crippen molar-refractivity contribution in [2.45, 2.75) is 25.1 Å². The summed E-state index contributed by atoms with van der Waals surface area (Å²) in [4.78, 5) is 8.82. The van der Waals surface area contributed by atoms with Crippen LogP contribution in [0.4, 0.5) is 5.69 Å². The Morgan fingerprint density at radius 3 is 2.84 bits per heavy atom. The van der Waals surface area contributed by atoms with Crippen LogP contribution in [0, 0.1) is 0 Å². The van der Waals surface area contributed by atoms with E-state index in [0.717, 1.165) is 46.8 Å². The number of imidazole rings is 1. The van der Waals surface area contributed by atoms with E-state index in [-0.39, 0.29) is 0 Å². The van der Waals surface area contributed by atoms with Gasteiger partial charge >= 0.3 is 0 Å². The first-order valence-electron chi connectivity index (χ1n) is 10.6. The van der Waals surface area contributed by atoms with E-state index < -0.39 is 6.23 Å². The zero-order valence-electron chi connectivity index (χ0n) is 17.2. The second-order valence-corrected chi connectivity index (χ2v) is 7.96. The number of hydrogen-bond donors (Lipinski definition) is 2. The minimum absolute atomic E-state index is 0.494. The number of nitrogens with one attached hydrogen (secondary N) is 1. The SMILES string of the molecule is OC(Nc1cccc(-c2nncn2C2CC2)c1)c1cc(-c2cnc3ccccn23)ccn1. The van der Waals surface area contributed by atoms with Crippen LogP contribution in [0.1, 0.15) is 30.8 Å². The van der Waals surface area contributed by atoms with Crippen LogP contribution in [-0.2, 0) is 0 Å². The topological polar surface area (TPSA) is 93.2 Å². The van der Waals surface area contributed by atoms with Crippen molar-refractivity contribution in [3.8, 4) is 22.6 Å². The Morgan fingerprint density at radius 2 is 1.94 bits per heavy atom. The Kier molecular flexibility index (Phi) is 4.43. The molecule has 1 aliphatic carbocycles. The van der Waals surface area contributed by atoms with Gasteiger partial charge in [-0.3, -0.25) is 9.38 Å². The number of benzene rings is 1. The van der Waals surface area contributed by atoms with Crippen LogP contribution < -0.4 is 5.32 Å². The average Bonchev–Trinajstić information content (AvgIpc) is 3.39. The number of anilines is 1. The quantitative estimate of drug-likeness (QED) is 0.400. The van der Waals surface area contributed by atoms with Gasteiger partial charge in [0.1, 0.15) is 12.0 Å². The summed E-state index contributed by atoms with van der Waals surface area (Å²) in [5.74, 6) is 0.846. The standard InChI is InChI=1S/C24H21N7O/c32-24(20-13-16(9-10-25-20)21-14-26-22-6-1-2-11-30(21)22)28-18-5-3-4-17(12-18)23-29-27-15-31(23)19-7-8-19/h1-6,9-15,19,24,28,32H,7-8H2. The maximum atomic E-state index is 10.9. The lowest BCUT2D eigenvalue weighted by molar-refractivity contribution is 0.203. The van der Waals surface area contributed by atoms with Crippen molar-refractivity contribution < 1.29 is 5.11 Å². The molecular weight excluding hydrogens is 402 g/mol. The largest absolute Gasteiger partial charge is 0.368 e. The molecule has 1 unspecified atom stereocenters. The third-order valence-corrected chi connectivity index (χ3v) is 5.71. The molecule has 8 heteroatoms. The summed E-state index contributed by atoms with van der Waals surface area (Å²) in [7, 11) is 0. The minimum atomic E-state index is -0.967. The Morgan fingerprint density at radius 1 is 1.00 bits per heavy atom.